The second kappa shape index (κ2) is 7.16. The Bertz CT molecular complexity index is 370. The van der Waals surface area contributed by atoms with Crippen molar-refractivity contribution in [1.82, 2.24) is 9.97 Å². The van der Waals surface area contributed by atoms with Crippen LogP contribution in [0.3, 0.4) is 0 Å². The fourth-order valence-electron chi connectivity index (χ4n) is 1.69. The maximum absolute atomic E-state index is 5.67. The van der Waals surface area contributed by atoms with Crippen molar-refractivity contribution in [2.45, 2.75) is 27.7 Å². The Labute approximate surface area is 109 Å². The molecule has 18 heavy (non-hydrogen) atoms. The van der Waals surface area contributed by atoms with Gasteiger partial charge in [0.05, 0.1) is 6.61 Å². The average molecular weight is 252 g/mol. The van der Waals surface area contributed by atoms with Gasteiger partial charge in [-0.3, -0.25) is 0 Å². The van der Waals surface area contributed by atoms with Gasteiger partial charge in [0, 0.05) is 24.8 Å². The molecule has 1 aromatic heterocycles. The molecule has 0 aliphatic heterocycles. The molecule has 2 N–H and O–H groups in total. The van der Waals surface area contributed by atoms with Crippen LogP contribution in [0.4, 0.5) is 5.95 Å². The Balaban J connectivity index is 2.90. The first-order valence-electron chi connectivity index (χ1n) is 6.54. The third-order valence-electron chi connectivity index (χ3n) is 2.71. The summed E-state index contributed by atoms with van der Waals surface area (Å²) in [6, 6.07) is 1.85. The van der Waals surface area contributed by atoms with Gasteiger partial charge in [-0.15, -0.1) is 0 Å². The average Bonchev–Trinajstić information content (AvgIpc) is 2.35. The fraction of sp³-hybridized carbons (Fsp3) is 0.692. The molecule has 0 aromatic carbocycles. The van der Waals surface area contributed by atoms with E-state index >= 15 is 0 Å². The lowest BCUT2D eigenvalue weighted by molar-refractivity contribution is 0.325. The van der Waals surface area contributed by atoms with E-state index in [1.54, 1.807) is 0 Å². The Morgan fingerprint density at radius 2 is 2.11 bits per heavy atom. The molecule has 0 saturated carbocycles. The van der Waals surface area contributed by atoms with E-state index in [0.717, 1.165) is 24.7 Å². The van der Waals surface area contributed by atoms with E-state index < -0.39 is 0 Å². The number of aryl methyl sites for hydroxylation is 1. The number of nitrogens with zero attached hydrogens (tertiary/aromatic N) is 3. The first-order valence-corrected chi connectivity index (χ1v) is 6.54. The topological polar surface area (TPSA) is 64.3 Å². The number of hydrogen-bond acceptors (Lipinski definition) is 5. The summed E-state index contributed by atoms with van der Waals surface area (Å²) in [5.41, 5.74) is 6.59. The Kier molecular flexibility index (Phi) is 5.85. The molecule has 0 aliphatic carbocycles. The van der Waals surface area contributed by atoms with E-state index in [1.807, 2.05) is 19.9 Å². The second-order valence-corrected chi connectivity index (χ2v) is 4.46. The van der Waals surface area contributed by atoms with Crippen LogP contribution in [0, 0.1) is 12.8 Å². The largest absolute Gasteiger partial charge is 0.478 e. The molecule has 1 aromatic rings. The van der Waals surface area contributed by atoms with E-state index in [-0.39, 0.29) is 0 Å². The molecule has 1 heterocycles. The van der Waals surface area contributed by atoms with Gasteiger partial charge < -0.3 is 15.4 Å². The minimum absolute atomic E-state index is 0.421. The van der Waals surface area contributed by atoms with Gasteiger partial charge in [0.2, 0.25) is 11.8 Å². The highest BCUT2D eigenvalue weighted by Crippen LogP contribution is 2.16. The first kappa shape index (κ1) is 14.7. The van der Waals surface area contributed by atoms with Crippen LogP contribution < -0.4 is 15.4 Å². The summed E-state index contributed by atoms with van der Waals surface area (Å²) >= 11 is 0. The van der Waals surface area contributed by atoms with Crippen LogP contribution >= 0.6 is 0 Å². The maximum atomic E-state index is 5.67. The summed E-state index contributed by atoms with van der Waals surface area (Å²) in [4.78, 5) is 11.0. The van der Waals surface area contributed by atoms with Crippen LogP contribution in [0.15, 0.2) is 6.07 Å². The molecule has 0 radical (unpaired) electrons. The third kappa shape index (κ3) is 4.14. The van der Waals surface area contributed by atoms with Crippen molar-refractivity contribution >= 4 is 5.95 Å². The minimum Gasteiger partial charge on any atom is -0.478 e. The molecule has 102 valence electrons. The molecule has 0 aliphatic rings. The molecule has 0 amide bonds. The summed E-state index contributed by atoms with van der Waals surface area (Å²) in [6.45, 7) is 11.1. The molecule has 0 fully saturated rings. The fourth-order valence-corrected chi connectivity index (χ4v) is 1.69. The molecular weight excluding hydrogens is 228 g/mol. The molecule has 1 atom stereocenters. The summed E-state index contributed by atoms with van der Waals surface area (Å²) in [5, 5.41) is 0. The Morgan fingerprint density at radius 1 is 1.39 bits per heavy atom. The second-order valence-electron chi connectivity index (χ2n) is 4.46. The first-order chi connectivity index (χ1) is 8.60. The predicted molar refractivity (Wildman–Crippen MR) is 74.0 cm³/mol. The summed E-state index contributed by atoms with van der Waals surface area (Å²) in [6.07, 6.45) is 0. The molecular formula is C13H24N4O. The number of nitrogens with two attached hydrogens (primary N) is 1. The van der Waals surface area contributed by atoms with Gasteiger partial charge >= 0.3 is 0 Å². The lowest BCUT2D eigenvalue weighted by Crippen LogP contribution is -2.32. The van der Waals surface area contributed by atoms with Crippen molar-refractivity contribution < 1.29 is 4.74 Å². The van der Waals surface area contributed by atoms with Crippen molar-refractivity contribution in [3.63, 3.8) is 0 Å². The summed E-state index contributed by atoms with van der Waals surface area (Å²) in [5.74, 6) is 1.78. The van der Waals surface area contributed by atoms with Crippen molar-refractivity contribution in [3.8, 4) is 5.88 Å². The van der Waals surface area contributed by atoms with Gasteiger partial charge in [-0.1, -0.05) is 6.92 Å². The van der Waals surface area contributed by atoms with E-state index in [1.165, 1.54) is 0 Å². The van der Waals surface area contributed by atoms with Gasteiger partial charge in [-0.2, -0.15) is 4.98 Å². The van der Waals surface area contributed by atoms with Crippen LogP contribution in [0.1, 0.15) is 26.5 Å². The molecule has 0 bridgehead atoms. The number of hydrogen-bond donors (Lipinski definition) is 1. The van der Waals surface area contributed by atoms with Crippen LogP contribution in [0.5, 0.6) is 5.88 Å². The van der Waals surface area contributed by atoms with Crippen LogP contribution in [-0.2, 0) is 0 Å². The molecule has 5 nitrogen and oxygen atoms in total. The molecule has 1 rings (SSSR count). The molecule has 5 heteroatoms. The van der Waals surface area contributed by atoms with Crippen molar-refractivity contribution in [2.24, 2.45) is 11.7 Å². The highest BCUT2D eigenvalue weighted by molar-refractivity contribution is 5.34. The number of rotatable bonds is 7. The van der Waals surface area contributed by atoms with Crippen LogP contribution in [0.25, 0.3) is 0 Å². The number of aromatic nitrogens is 2. The lowest BCUT2D eigenvalue weighted by Gasteiger charge is -2.24. The lowest BCUT2D eigenvalue weighted by atomic mass is 10.2. The molecule has 0 saturated heterocycles. The monoisotopic (exact) mass is 252 g/mol. The zero-order chi connectivity index (χ0) is 13.5. The van der Waals surface area contributed by atoms with Crippen LogP contribution in [-0.4, -0.2) is 36.2 Å². The van der Waals surface area contributed by atoms with E-state index in [9.17, 15) is 0 Å². The van der Waals surface area contributed by atoms with Crippen molar-refractivity contribution in [1.29, 1.82) is 0 Å². The smallest absolute Gasteiger partial charge is 0.228 e. The predicted octanol–water partition coefficient (Wildman–Crippen LogP) is 1.60. The quantitative estimate of drug-likeness (QED) is 0.798. The van der Waals surface area contributed by atoms with Gasteiger partial charge in [0.25, 0.3) is 0 Å². The Hall–Kier alpha value is -1.36. The standard InChI is InChI=1S/C13H24N4O/c1-5-17(9-10(3)8-14)13-15-11(4)7-12(16-13)18-6-2/h7,10H,5-6,8-9,14H2,1-4H3. The number of ether oxygens (including phenoxy) is 1. The van der Waals surface area contributed by atoms with Crippen molar-refractivity contribution in [2.75, 3.05) is 31.1 Å². The van der Waals surface area contributed by atoms with Gasteiger partial charge in [0.1, 0.15) is 0 Å². The number of anilines is 1. The summed E-state index contributed by atoms with van der Waals surface area (Å²) < 4.78 is 5.45. The van der Waals surface area contributed by atoms with E-state index in [0.29, 0.717) is 24.9 Å². The zero-order valence-corrected chi connectivity index (χ0v) is 11.8. The van der Waals surface area contributed by atoms with Crippen molar-refractivity contribution in [3.05, 3.63) is 11.8 Å². The van der Waals surface area contributed by atoms with Crippen LogP contribution in [0.2, 0.25) is 0 Å². The highest BCUT2D eigenvalue weighted by Gasteiger charge is 2.13. The molecule has 0 spiro atoms. The highest BCUT2D eigenvalue weighted by atomic mass is 16.5. The normalized spacial score (nSPS) is 12.3. The van der Waals surface area contributed by atoms with E-state index in [2.05, 4.69) is 28.7 Å². The third-order valence-corrected chi connectivity index (χ3v) is 2.71. The summed E-state index contributed by atoms with van der Waals surface area (Å²) in [7, 11) is 0. The van der Waals surface area contributed by atoms with E-state index in [4.69, 9.17) is 10.5 Å². The minimum atomic E-state index is 0.421. The Morgan fingerprint density at radius 3 is 2.67 bits per heavy atom. The van der Waals surface area contributed by atoms with Gasteiger partial charge in [-0.25, -0.2) is 4.98 Å². The SMILES string of the molecule is CCOc1cc(C)nc(N(CC)CC(C)CN)n1. The zero-order valence-electron chi connectivity index (χ0n) is 11.8. The van der Waals surface area contributed by atoms with Gasteiger partial charge in [-0.05, 0) is 33.2 Å². The maximum Gasteiger partial charge on any atom is 0.228 e. The molecule has 1 unspecified atom stereocenters. The van der Waals surface area contributed by atoms with Gasteiger partial charge in [0.15, 0.2) is 0 Å².